The molecule has 10 aromatic rings. The number of hydrogen-bond donors (Lipinski definition) is 1. The topological polar surface area (TPSA) is 77.0 Å². The number of nitrogens with zero attached hydrogens (tertiary/aromatic N) is 2. The Labute approximate surface area is 311 Å². The summed E-state index contributed by atoms with van der Waals surface area (Å²) in [5, 5.41) is 6.37. The van der Waals surface area contributed by atoms with E-state index in [1.165, 1.54) is 10.8 Å². The van der Waals surface area contributed by atoms with Gasteiger partial charge in [0.05, 0.1) is 6.54 Å². The Balaban J connectivity index is 1.12. The fourth-order valence-electron chi connectivity index (χ4n) is 7.57. The number of aliphatic imine (C=N–C) groups is 2. The summed E-state index contributed by atoms with van der Waals surface area (Å²) in [4.78, 5) is 10.2. The standard InChI is InChI=1S/C49H33N3O2/c50-48(52-49(35-27-25-34(26-28-35)32-11-2-1-3-12-32)51-30-31-23-24-33-13-4-5-14-36(33)29-31)41-19-10-22-44-46(41)45-38(16-9-21-43(45)53-44)40-18-8-17-39-37-15-6-7-20-42(37)54-47(39)40/h1-29H,30H2,(H2,50,51,52). The van der Waals surface area contributed by atoms with Crippen molar-refractivity contribution < 1.29 is 8.83 Å². The lowest BCUT2D eigenvalue weighted by Crippen LogP contribution is -2.17. The van der Waals surface area contributed by atoms with Crippen LogP contribution in [0.2, 0.25) is 0 Å². The van der Waals surface area contributed by atoms with Crippen molar-refractivity contribution in [3.8, 4) is 22.3 Å². The predicted molar refractivity (Wildman–Crippen MR) is 223 cm³/mol. The molecule has 0 aliphatic rings. The van der Waals surface area contributed by atoms with Gasteiger partial charge in [-0.3, -0.25) is 4.99 Å². The molecule has 0 aliphatic heterocycles. The first-order valence-electron chi connectivity index (χ1n) is 18.1. The zero-order chi connectivity index (χ0) is 36.0. The minimum Gasteiger partial charge on any atom is -0.456 e. The second-order valence-electron chi connectivity index (χ2n) is 13.5. The number of nitrogens with two attached hydrogens (primary N) is 1. The third-order valence-electron chi connectivity index (χ3n) is 10.2. The van der Waals surface area contributed by atoms with Gasteiger partial charge in [-0.15, -0.1) is 0 Å². The summed E-state index contributed by atoms with van der Waals surface area (Å²) in [5.41, 5.74) is 17.2. The van der Waals surface area contributed by atoms with Crippen LogP contribution in [-0.2, 0) is 6.54 Å². The Bertz CT molecular complexity index is 3080. The molecule has 0 saturated heterocycles. The lowest BCUT2D eigenvalue weighted by Gasteiger charge is -2.09. The average Bonchev–Trinajstić information content (AvgIpc) is 3.81. The fourth-order valence-corrected chi connectivity index (χ4v) is 7.57. The molecule has 0 unspecified atom stereocenters. The molecule has 5 nitrogen and oxygen atoms in total. The second-order valence-corrected chi connectivity index (χ2v) is 13.5. The molecule has 0 amide bonds. The molecule has 0 atom stereocenters. The third-order valence-corrected chi connectivity index (χ3v) is 10.2. The van der Waals surface area contributed by atoms with E-state index in [0.29, 0.717) is 18.2 Å². The normalized spacial score (nSPS) is 12.4. The fraction of sp³-hybridized carbons (Fsp3) is 0.0204. The molecule has 0 aliphatic carbocycles. The van der Waals surface area contributed by atoms with Crippen LogP contribution in [0, 0.1) is 0 Å². The van der Waals surface area contributed by atoms with Gasteiger partial charge >= 0.3 is 0 Å². The van der Waals surface area contributed by atoms with Crippen molar-refractivity contribution in [3.63, 3.8) is 0 Å². The van der Waals surface area contributed by atoms with Crippen LogP contribution in [0.5, 0.6) is 0 Å². The van der Waals surface area contributed by atoms with Gasteiger partial charge in [-0.05, 0) is 57.3 Å². The first-order chi connectivity index (χ1) is 26.7. The summed E-state index contributed by atoms with van der Waals surface area (Å²) in [6.07, 6.45) is 0. The molecule has 2 heterocycles. The first kappa shape index (κ1) is 31.5. The predicted octanol–water partition coefficient (Wildman–Crippen LogP) is 12.3. The summed E-state index contributed by atoms with van der Waals surface area (Å²) >= 11 is 0. The highest BCUT2D eigenvalue weighted by molar-refractivity contribution is 6.24. The smallest absolute Gasteiger partial charge is 0.157 e. The van der Waals surface area contributed by atoms with E-state index in [0.717, 1.165) is 82.8 Å². The van der Waals surface area contributed by atoms with E-state index in [4.69, 9.17) is 24.6 Å². The highest BCUT2D eigenvalue weighted by Gasteiger charge is 2.20. The van der Waals surface area contributed by atoms with Gasteiger partial charge in [0.15, 0.2) is 5.84 Å². The largest absolute Gasteiger partial charge is 0.456 e. The summed E-state index contributed by atoms with van der Waals surface area (Å²) in [7, 11) is 0. The molecule has 54 heavy (non-hydrogen) atoms. The first-order valence-corrected chi connectivity index (χ1v) is 18.1. The van der Waals surface area contributed by atoms with Crippen LogP contribution >= 0.6 is 0 Å². The van der Waals surface area contributed by atoms with Gasteiger partial charge in [-0.2, -0.15) is 0 Å². The van der Waals surface area contributed by atoms with Crippen LogP contribution in [0.4, 0.5) is 0 Å². The highest BCUT2D eigenvalue weighted by atomic mass is 16.3. The monoisotopic (exact) mass is 695 g/mol. The van der Waals surface area contributed by atoms with Gasteiger partial charge in [0.2, 0.25) is 0 Å². The third kappa shape index (κ3) is 5.51. The molecular formula is C49H33N3O2. The van der Waals surface area contributed by atoms with Gasteiger partial charge in [0, 0.05) is 38.2 Å². The maximum atomic E-state index is 7.05. The van der Waals surface area contributed by atoms with Crippen molar-refractivity contribution in [1.82, 2.24) is 0 Å². The molecule has 256 valence electrons. The molecule has 0 saturated carbocycles. The SMILES string of the molecule is NC(=NC(=NCc1ccc2ccccc2c1)c1ccc(-c2ccccc2)cc1)c1cccc2oc3cccc(-c4cccc5c4oc4ccccc45)c3c12. The van der Waals surface area contributed by atoms with Gasteiger partial charge in [0.25, 0.3) is 0 Å². The van der Waals surface area contributed by atoms with Crippen LogP contribution in [-0.4, -0.2) is 11.7 Å². The maximum Gasteiger partial charge on any atom is 0.157 e. The Kier molecular flexibility index (Phi) is 7.62. The second kappa shape index (κ2) is 13.1. The molecule has 5 heteroatoms. The number of hydrogen-bond acceptors (Lipinski definition) is 3. The van der Waals surface area contributed by atoms with Crippen molar-refractivity contribution in [3.05, 3.63) is 193 Å². The Morgan fingerprint density at radius 1 is 0.500 bits per heavy atom. The molecule has 8 aromatic carbocycles. The van der Waals surface area contributed by atoms with E-state index < -0.39 is 0 Å². The van der Waals surface area contributed by atoms with Crippen molar-refractivity contribution in [2.24, 2.45) is 15.7 Å². The molecule has 0 fully saturated rings. The van der Waals surface area contributed by atoms with Gasteiger partial charge in [-0.1, -0.05) is 152 Å². The molecule has 2 N–H and O–H groups in total. The Morgan fingerprint density at radius 2 is 1.17 bits per heavy atom. The summed E-state index contributed by atoms with van der Waals surface area (Å²) in [5.74, 6) is 0.904. The van der Waals surface area contributed by atoms with Gasteiger partial charge in [0.1, 0.15) is 28.2 Å². The number of para-hydroxylation sites is 2. The van der Waals surface area contributed by atoms with E-state index in [9.17, 15) is 0 Å². The van der Waals surface area contributed by atoms with E-state index in [1.807, 2.05) is 66.7 Å². The number of rotatable bonds is 6. The van der Waals surface area contributed by atoms with Crippen molar-refractivity contribution >= 4 is 66.3 Å². The molecular weight excluding hydrogens is 663 g/mol. The van der Waals surface area contributed by atoms with Crippen molar-refractivity contribution in [2.45, 2.75) is 6.54 Å². The van der Waals surface area contributed by atoms with Gasteiger partial charge in [-0.25, -0.2) is 4.99 Å². The van der Waals surface area contributed by atoms with E-state index in [2.05, 4.69) is 109 Å². The van der Waals surface area contributed by atoms with Crippen LogP contribution < -0.4 is 5.73 Å². The number of benzene rings is 8. The molecule has 0 bridgehead atoms. The number of amidine groups is 2. The van der Waals surface area contributed by atoms with E-state index in [-0.39, 0.29) is 0 Å². The van der Waals surface area contributed by atoms with Gasteiger partial charge < -0.3 is 14.6 Å². The summed E-state index contributed by atoms with van der Waals surface area (Å²) in [6, 6.07) is 60.0. The number of fused-ring (bicyclic) bond motifs is 7. The molecule has 0 spiro atoms. The number of furan rings is 2. The van der Waals surface area contributed by atoms with Crippen molar-refractivity contribution in [1.29, 1.82) is 0 Å². The van der Waals surface area contributed by atoms with Crippen LogP contribution in [0.3, 0.4) is 0 Å². The minimum absolute atomic E-state index is 0.351. The summed E-state index contributed by atoms with van der Waals surface area (Å²) < 4.78 is 13.0. The van der Waals surface area contributed by atoms with Crippen LogP contribution in [0.1, 0.15) is 16.7 Å². The lowest BCUT2D eigenvalue weighted by atomic mass is 9.95. The zero-order valence-electron chi connectivity index (χ0n) is 29.2. The Morgan fingerprint density at radius 3 is 2.04 bits per heavy atom. The molecule has 2 aromatic heterocycles. The van der Waals surface area contributed by atoms with Crippen LogP contribution in [0.15, 0.2) is 195 Å². The average molecular weight is 696 g/mol. The lowest BCUT2D eigenvalue weighted by molar-refractivity contribution is 0.668. The zero-order valence-corrected chi connectivity index (χ0v) is 29.2. The maximum absolute atomic E-state index is 7.05. The minimum atomic E-state index is 0.351. The van der Waals surface area contributed by atoms with E-state index >= 15 is 0 Å². The molecule has 0 radical (unpaired) electrons. The molecule has 10 rings (SSSR count). The van der Waals surface area contributed by atoms with E-state index in [1.54, 1.807) is 0 Å². The van der Waals surface area contributed by atoms with Crippen LogP contribution in [0.25, 0.3) is 76.9 Å². The quantitative estimate of drug-likeness (QED) is 0.139. The summed E-state index contributed by atoms with van der Waals surface area (Å²) in [6.45, 7) is 0.446. The highest BCUT2D eigenvalue weighted by Crippen LogP contribution is 2.42. The van der Waals surface area contributed by atoms with Crippen molar-refractivity contribution in [2.75, 3.05) is 0 Å². The Hall–Kier alpha value is -7.24.